The van der Waals surface area contributed by atoms with Crippen molar-refractivity contribution in [2.24, 2.45) is 5.41 Å². The number of carboxylic acid groups (broad SMARTS) is 1. The first-order chi connectivity index (χ1) is 11.0. The normalized spacial score (nSPS) is 17.1. The molecule has 1 heterocycles. The average Bonchev–Trinajstić information content (AvgIpc) is 3.00. The highest BCUT2D eigenvalue weighted by molar-refractivity contribution is 6.05. The van der Waals surface area contributed by atoms with Gasteiger partial charge in [-0.25, -0.2) is 0 Å². The highest BCUT2D eigenvalue weighted by Gasteiger charge is 2.39. The number of carboxylic acids is 1. The van der Waals surface area contributed by atoms with Crippen LogP contribution in [0.25, 0.3) is 10.9 Å². The first-order valence-corrected chi connectivity index (χ1v) is 7.97. The minimum absolute atomic E-state index is 0.171. The van der Waals surface area contributed by atoms with Crippen LogP contribution < -0.4 is 5.32 Å². The first-order valence-electron chi connectivity index (χ1n) is 7.97. The smallest absolute Gasteiger partial charge is 0.311 e. The Balaban J connectivity index is 1.80. The Morgan fingerprint density at radius 1 is 1.30 bits per heavy atom. The zero-order valence-corrected chi connectivity index (χ0v) is 13.2. The minimum atomic E-state index is -0.829. The Labute approximate surface area is 134 Å². The molecular weight excluding hydrogens is 294 g/mol. The number of fused-ring (bicyclic) bond motifs is 1. The molecule has 0 radical (unpaired) electrons. The molecule has 1 aliphatic rings. The number of benzene rings is 1. The van der Waals surface area contributed by atoms with Crippen molar-refractivity contribution in [1.29, 1.82) is 0 Å². The second kappa shape index (κ2) is 6.02. The van der Waals surface area contributed by atoms with E-state index in [0.29, 0.717) is 23.9 Å². The number of aliphatic carboxylic acids is 1. The van der Waals surface area contributed by atoms with Gasteiger partial charge in [0.2, 0.25) is 0 Å². The fraction of sp³-hybridized carbons (Fsp3) is 0.471. The van der Waals surface area contributed by atoms with E-state index in [0.717, 1.165) is 30.2 Å². The molecular formula is C17H21N3O3. The third-order valence-electron chi connectivity index (χ3n) is 4.79. The maximum absolute atomic E-state index is 12.6. The van der Waals surface area contributed by atoms with Crippen molar-refractivity contribution < 1.29 is 14.7 Å². The van der Waals surface area contributed by atoms with E-state index in [1.54, 1.807) is 12.3 Å². The predicted molar refractivity (Wildman–Crippen MR) is 86.3 cm³/mol. The van der Waals surface area contributed by atoms with Crippen LogP contribution in [0, 0.1) is 12.3 Å². The summed E-state index contributed by atoms with van der Waals surface area (Å²) in [7, 11) is 0. The minimum Gasteiger partial charge on any atom is -0.481 e. The lowest BCUT2D eigenvalue weighted by Crippen LogP contribution is -2.44. The van der Waals surface area contributed by atoms with Gasteiger partial charge < -0.3 is 10.4 Å². The number of aryl methyl sites for hydroxylation is 1. The van der Waals surface area contributed by atoms with Gasteiger partial charge in [-0.2, -0.15) is 5.10 Å². The lowest BCUT2D eigenvalue weighted by molar-refractivity contribution is -0.150. The summed E-state index contributed by atoms with van der Waals surface area (Å²) < 4.78 is 0. The quantitative estimate of drug-likeness (QED) is 0.808. The Bertz CT molecular complexity index is 745. The highest BCUT2D eigenvalue weighted by Crippen LogP contribution is 2.36. The van der Waals surface area contributed by atoms with Crippen molar-refractivity contribution in [3.05, 3.63) is 29.5 Å². The third kappa shape index (κ3) is 2.93. The van der Waals surface area contributed by atoms with Crippen molar-refractivity contribution in [3.8, 4) is 0 Å². The van der Waals surface area contributed by atoms with Crippen LogP contribution in [-0.4, -0.2) is 33.7 Å². The molecule has 0 unspecified atom stereocenters. The second-order valence-corrected chi connectivity index (χ2v) is 6.48. The van der Waals surface area contributed by atoms with Gasteiger partial charge in [0.15, 0.2) is 0 Å². The van der Waals surface area contributed by atoms with Gasteiger partial charge in [-0.15, -0.1) is 0 Å². The fourth-order valence-electron chi connectivity index (χ4n) is 3.43. The van der Waals surface area contributed by atoms with Gasteiger partial charge in [0, 0.05) is 11.9 Å². The van der Waals surface area contributed by atoms with Crippen molar-refractivity contribution in [2.75, 3.05) is 6.54 Å². The first kappa shape index (κ1) is 15.5. The molecule has 6 nitrogen and oxygen atoms in total. The number of carbonyl (C=O) groups excluding carboxylic acids is 1. The van der Waals surface area contributed by atoms with E-state index in [1.807, 2.05) is 13.0 Å². The van der Waals surface area contributed by atoms with E-state index in [4.69, 9.17) is 0 Å². The molecule has 23 heavy (non-hydrogen) atoms. The molecule has 3 N–H and O–H groups in total. The number of amides is 1. The van der Waals surface area contributed by atoms with E-state index >= 15 is 0 Å². The standard InChI is InChI=1S/C17H21N3O3/c1-11-7-12-9-19-20-14(12)13(8-11)15(21)18-10-17(16(22)23)5-3-2-4-6-17/h7-9H,2-6,10H2,1H3,(H,18,21)(H,19,20)(H,22,23). The Morgan fingerprint density at radius 3 is 2.74 bits per heavy atom. The molecule has 0 saturated heterocycles. The predicted octanol–water partition coefficient (Wildman–Crippen LogP) is 2.64. The summed E-state index contributed by atoms with van der Waals surface area (Å²) in [5.41, 5.74) is 1.33. The molecule has 1 fully saturated rings. The molecule has 1 amide bonds. The summed E-state index contributed by atoms with van der Waals surface area (Å²) in [6.07, 6.45) is 5.79. The van der Waals surface area contributed by atoms with Crippen LogP contribution in [0.1, 0.15) is 48.0 Å². The van der Waals surface area contributed by atoms with Crippen LogP contribution in [0.2, 0.25) is 0 Å². The van der Waals surface area contributed by atoms with Crippen molar-refractivity contribution in [1.82, 2.24) is 15.5 Å². The van der Waals surface area contributed by atoms with E-state index in [1.165, 1.54) is 0 Å². The van der Waals surface area contributed by atoms with Gasteiger partial charge >= 0.3 is 5.97 Å². The molecule has 0 spiro atoms. The van der Waals surface area contributed by atoms with Gasteiger partial charge in [-0.1, -0.05) is 19.3 Å². The maximum atomic E-state index is 12.6. The molecule has 1 aromatic carbocycles. The van der Waals surface area contributed by atoms with E-state index < -0.39 is 11.4 Å². The van der Waals surface area contributed by atoms with Crippen molar-refractivity contribution in [2.45, 2.75) is 39.0 Å². The topological polar surface area (TPSA) is 95.1 Å². The fourth-order valence-corrected chi connectivity index (χ4v) is 3.43. The number of hydrogen-bond donors (Lipinski definition) is 3. The number of aromatic amines is 1. The van der Waals surface area contributed by atoms with E-state index in [-0.39, 0.29) is 12.5 Å². The molecule has 3 rings (SSSR count). The average molecular weight is 315 g/mol. The molecule has 1 aromatic heterocycles. The maximum Gasteiger partial charge on any atom is 0.311 e. The van der Waals surface area contributed by atoms with Crippen LogP contribution in [0.15, 0.2) is 18.3 Å². The van der Waals surface area contributed by atoms with E-state index in [9.17, 15) is 14.7 Å². The van der Waals surface area contributed by atoms with Crippen LogP contribution in [-0.2, 0) is 4.79 Å². The molecule has 1 aliphatic carbocycles. The number of aromatic nitrogens is 2. The number of nitrogens with one attached hydrogen (secondary N) is 2. The number of carbonyl (C=O) groups is 2. The zero-order valence-electron chi connectivity index (χ0n) is 13.2. The Morgan fingerprint density at radius 2 is 2.04 bits per heavy atom. The number of rotatable bonds is 4. The van der Waals surface area contributed by atoms with E-state index in [2.05, 4.69) is 15.5 Å². The largest absolute Gasteiger partial charge is 0.481 e. The van der Waals surface area contributed by atoms with Gasteiger partial charge in [0.1, 0.15) is 0 Å². The number of H-pyrrole nitrogens is 1. The second-order valence-electron chi connectivity index (χ2n) is 6.48. The van der Waals surface area contributed by atoms with Crippen LogP contribution in [0.4, 0.5) is 0 Å². The highest BCUT2D eigenvalue weighted by atomic mass is 16.4. The summed E-state index contributed by atoms with van der Waals surface area (Å²) in [6.45, 7) is 2.09. The summed E-state index contributed by atoms with van der Waals surface area (Å²) in [6, 6.07) is 3.75. The third-order valence-corrected chi connectivity index (χ3v) is 4.79. The molecule has 6 heteroatoms. The molecule has 0 aliphatic heterocycles. The lowest BCUT2D eigenvalue weighted by Gasteiger charge is -2.33. The molecule has 0 atom stereocenters. The van der Waals surface area contributed by atoms with Crippen molar-refractivity contribution in [3.63, 3.8) is 0 Å². The van der Waals surface area contributed by atoms with Crippen LogP contribution in [0.5, 0.6) is 0 Å². The summed E-state index contributed by atoms with van der Waals surface area (Å²) in [4.78, 5) is 24.2. The van der Waals surface area contributed by atoms with Crippen LogP contribution >= 0.6 is 0 Å². The van der Waals surface area contributed by atoms with Crippen LogP contribution in [0.3, 0.4) is 0 Å². The summed E-state index contributed by atoms with van der Waals surface area (Å²) >= 11 is 0. The monoisotopic (exact) mass is 315 g/mol. The SMILES string of the molecule is Cc1cc(C(=O)NCC2(C(=O)O)CCCCC2)c2[nH]ncc2c1. The zero-order chi connectivity index (χ0) is 16.4. The van der Waals surface area contributed by atoms with Gasteiger partial charge in [0.05, 0.1) is 22.7 Å². The van der Waals surface area contributed by atoms with Gasteiger partial charge in [-0.05, 0) is 37.5 Å². The molecule has 1 saturated carbocycles. The Hall–Kier alpha value is -2.37. The summed E-state index contributed by atoms with van der Waals surface area (Å²) in [5, 5.41) is 20.1. The molecule has 2 aromatic rings. The molecule has 122 valence electrons. The van der Waals surface area contributed by atoms with Gasteiger partial charge in [0.25, 0.3) is 5.91 Å². The number of hydrogen-bond acceptors (Lipinski definition) is 3. The number of nitrogens with zero attached hydrogens (tertiary/aromatic N) is 1. The molecule has 0 bridgehead atoms. The lowest BCUT2D eigenvalue weighted by atomic mass is 9.74. The van der Waals surface area contributed by atoms with Crippen molar-refractivity contribution >= 4 is 22.8 Å². The summed E-state index contributed by atoms with van der Waals surface area (Å²) in [5.74, 6) is -1.07. The van der Waals surface area contributed by atoms with Gasteiger partial charge in [-0.3, -0.25) is 14.7 Å². The Kier molecular flexibility index (Phi) is 4.07.